The number of fused-ring (bicyclic) bond motifs is 1. The number of aromatic nitrogens is 3. The third-order valence-corrected chi connectivity index (χ3v) is 6.98. The van der Waals surface area contributed by atoms with Gasteiger partial charge in [-0.15, -0.1) is 0 Å². The molecule has 188 valence electrons. The van der Waals surface area contributed by atoms with Crippen molar-refractivity contribution in [3.63, 3.8) is 0 Å². The Kier molecular flexibility index (Phi) is 6.46. The molecule has 3 aromatic heterocycles. The van der Waals surface area contributed by atoms with E-state index in [-0.39, 0.29) is 0 Å². The summed E-state index contributed by atoms with van der Waals surface area (Å²) in [6, 6.07) is 7.77. The van der Waals surface area contributed by atoms with Crippen LogP contribution in [0.3, 0.4) is 0 Å². The van der Waals surface area contributed by atoms with Gasteiger partial charge in [0.25, 0.3) is 0 Å². The summed E-state index contributed by atoms with van der Waals surface area (Å²) in [4.78, 5) is 27.3. The number of hydrogen-bond acceptors (Lipinski definition) is 9. The lowest BCUT2D eigenvalue weighted by Crippen LogP contribution is -2.35. The summed E-state index contributed by atoms with van der Waals surface area (Å²) in [5.74, 6) is 2.00. The molecule has 10 heteroatoms. The molecular formula is C26H31N7O3. The van der Waals surface area contributed by atoms with Crippen LogP contribution in [0, 0.1) is 0 Å². The van der Waals surface area contributed by atoms with Gasteiger partial charge in [0.2, 0.25) is 0 Å². The van der Waals surface area contributed by atoms with Crippen LogP contribution in [0.15, 0.2) is 36.5 Å². The Hall–Kier alpha value is -3.76. The number of nitrogens with two attached hydrogens (primary N) is 2. The van der Waals surface area contributed by atoms with Crippen LogP contribution in [0.25, 0.3) is 16.3 Å². The molecule has 0 bridgehead atoms. The number of amides is 1. The molecule has 0 aliphatic carbocycles. The van der Waals surface area contributed by atoms with Crippen molar-refractivity contribution >= 4 is 45.7 Å². The highest BCUT2D eigenvalue weighted by molar-refractivity contribution is 5.97. The fraction of sp³-hybridized carbons (Fsp3) is 0.385. The molecule has 10 nitrogen and oxygen atoms in total. The second-order valence-corrected chi connectivity index (χ2v) is 9.09. The maximum atomic E-state index is 12.0. The summed E-state index contributed by atoms with van der Waals surface area (Å²) >= 11 is 0. The lowest BCUT2D eigenvalue weighted by molar-refractivity contribution is 0.161. The molecule has 0 radical (unpaired) electrons. The first-order valence-corrected chi connectivity index (χ1v) is 12.3. The summed E-state index contributed by atoms with van der Waals surface area (Å²) in [6.07, 6.45) is 5.72. The van der Waals surface area contributed by atoms with Crippen LogP contribution in [0.1, 0.15) is 44.4 Å². The van der Waals surface area contributed by atoms with E-state index in [0.717, 1.165) is 41.5 Å². The molecule has 2 aliphatic heterocycles. The van der Waals surface area contributed by atoms with Crippen molar-refractivity contribution in [1.82, 2.24) is 15.0 Å². The van der Waals surface area contributed by atoms with E-state index in [2.05, 4.69) is 41.3 Å². The van der Waals surface area contributed by atoms with Gasteiger partial charge in [-0.25, -0.2) is 19.7 Å². The van der Waals surface area contributed by atoms with Gasteiger partial charge in [0.1, 0.15) is 29.9 Å². The van der Waals surface area contributed by atoms with Crippen LogP contribution in [-0.4, -0.2) is 47.4 Å². The highest BCUT2D eigenvalue weighted by Crippen LogP contribution is 2.33. The van der Waals surface area contributed by atoms with Crippen LogP contribution in [-0.2, 0) is 15.0 Å². The lowest BCUT2D eigenvalue weighted by atomic mass is 9.85. The average Bonchev–Trinajstić information content (AvgIpc) is 3.34. The van der Waals surface area contributed by atoms with Crippen LogP contribution in [0.2, 0.25) is 0 Å². The van der Waals surface area contributed by atoms with Crippen molar-refractivity contribution in [1.29, 1.82) is 0 Å². The predicted octanol–water partition coefficient (Wildman–Crippen LogP) is 4.08. The molecular weight excluding hydrogens is 458 g/mol. The molecule has 5 N–H and O–H groups in total. The summed E-state index contributed by atoms with van der Waals surface area (Å²) < 4.78 is 10.5. The molecule has 36 heavy (non-hydrogen) atoms. The van der Waals surface area contributed by atoms with Gasteiger partial charge < -0.3 is 26.3 Å². The summed E-state index contributed by atoms with van der Waals surface area (Å²) in [5.41, 5.74) is 15.6. The number of nitrogens with zero attached hydrogens (tertiary/aromatic N) is 4. The molecule has 1 amide bonds. The standard InChI is InChI=1S/C26H31N7O3/c1-3-26(28,4-2)18-13-20(16-5-8-35-9-6-16)30-22(14-18)31-21-11-17-12-23(33-7-10-36-25(33)34)32-24(27)19(17)15-29-21/h5,11-15H,3-4,6-10,28H2,1-2H3,(H2,27,32)(H,29,30,31). The zero-order valence-corrected chi connectivity index (χ0v) is 20.6. The molecule has 0 spiro atoms. The zero-order valence-electron chi connectivity index (χ0n) is 20.6. The second-order valence-electron chi connectivity index (χ2n) is 9.09. The van der Waals surface area contributed by atoms with Crippen LogP contribution >= 0.6 is 0 Å². The van der Waals surface area contributed by atoms with Crippen LogP contribution in [0.4, 0.5) is 28.1 Å². The quantitative estimate of drug-likeness (QED) is 0.447. The monoisotopic (exact) mass is 489 g/mol. The van der Waals surface area contributed by atoms with Crippen molar-refractivity contribution in [2.45, 2.75) is 38.6 Å². The number of cyclic esters (lactones) is 1. The Morgan fingerprint density at radius 1 is 1.11 bits per heavy atom. The minimum Gasteiger partial charge on any atom is -0.447 e. The van der Waals surface area contributed by atoms with Crippen molar-refractivity contribution in [2.24, 2.45) is 5.73 Å². The van der Waals surface area contributed by atoms with Gasteiger partial charge in [-0.3, -0.25) is 4.90 Å². The molecule has 3 aromatic rings. The highest BCUT2D eigenvalue weighted by atomic mass is 16.6. The van der Waals surface area contributed by atoms with Gasteiger partial charge in [0, 0.05) is 17.1 Å². The Labute approximate surface area is 209 Å². The Bertz CT molecular complexity index is 1340. The van der Waals surface area contributed by atoms with Gasteiger partial charge >= 0.3 is 6.09 Å². The van der Waals surface area contributed by atoms with Crippen LogP contribution in [0.5, 0.6) is 0 Å². The smallest absolute Gasteiger partial charge is 0.415 e. The number of carbonyl (C=O) groups is 1. The zero-order chi connectivity index (χ0) is 25.3. The third kappa shape index (κ3) is 4.57. The SMILES string of the molecule is CCC(N)(CC)c1cc(Nc2cc3cc(N4CCOC4=O)nc(N)c3cn2)nc(C2=CCOCC2)c1. The number of anilines is 4. The van der Waals surface area contributed by atoms with E-state index in [1.54, 1.807) is 6.20 Å². The minimum absolute atomic E-state index is 0.300. The van der Waals surface area contributed by atoms with E-state index in [9.17, 15) is 4.79 Å². The molecule has 5 heterocycles. The molecule has 0 unspecified atom stereocenters. The predicted molar refractivity (Wildman–Crippen MR) is 140 cm³/mol. The maximum absolute atomic E-state index is 12.0. The van der Waals surface area contributed by atoms with E-state index >= 15 is 0 Å². The lowest BCUT2D eigenvalue weighted by Gasteiger charge is -2.28. The highest BCUT2D eigenvalue weighted by Gasteiger charge is 2.27. The molecule has 5 rings (SSSR count). The average molecular weight is 490 g/mol. The van der Waals surface area contributed by atoms with Crippen molar-refractivity contribution in [2.75, 3.05) is 42.3 Å². The number of pyridine rings is 3. The first kappa shape index (κ1) is 24.0. The van der Waals surface area contributed by atoms with Gasteiger partial charge in [-0.2, -0.15) is 0 Å². The van der Waals surface area contributed by atoms with Crippen LogP contribution < -0.4 is 21.7 Å². The van der Waals surface area contributed by atoms with Crippen molar-refractivity contribution in [3.8, 4) is 0 Å². The van der Waals surface area contributed by atoms with E-state index in [1.165, 1.54) is 4.90 Å². The molecule has 1 fully saturated rings. The normalized spacial score (nSPS) is 16.2. The number of carbonyl (C=O) groups excluding carboxylic acids is 1. The van der Waals surface area contributed by atoms with E-state index in [1.807, 2.05) is 18.2 Å². The summed E-state index contributed by atoms with van der Waals surface area (Å²) in [6.45, 7) is 6.21. The molecule has 0 atom stereocenters. The first-order chi connectivity index (χ1) is 17.4. The van der Waals surface area contributed by atoms with Crippen molar-refractivity contribution < 1.29 is 14.3 Å². The first-order valence-electron chi connectivity index (χ1n) is 12.3. The fourth-order valence-corrected chi connectivity index (χ4v) is 4.56. The van der Waals surface area contributed by atoms with Gasteiger partial charge in [0.15, 0.2) is 0 Å². The third-order valence-electron chi connectivity index (χ3n) is 6.98. The molecule has 2 aliphatic rings. The summed E-state index contributed by atoms with van der Waals surface area (Å²) in [7, 11) is 0. The Morgan fingerprint density at radius 3 is 2.64 bits per heavy atom. The summed E-state index contributed by atoms with van der Waals surface area (Å²) in [5, 5.41) is 4.85. The minimum atomic E-state index is -0.462. The maximum Gasteiger partial charge on any atom is 0.415 e. The Balaban J connectivity index is 1.53. The molecule has 0 saturated carbocycles. The van der Waals surface area contributed by atoms with E-state index in [4.69, 9.17) is 25.9 Å². The number of rotatable bonds is 7. The van der Waals surface area contributed by atoms with Gasteiger partial charge in [-0.1, -0.05) is 19.9 Å². The van der Waals surface area contributed by atoms with E-state index in [0.29, 0.717) is 55.0 Å². The Morgan fingerprint density at radius 2 is 1.94 bits per heavy atom. The number of ether oxygens (including phenoxy) is 2. The number of nitrogen functional groups attached to an aromatic ring is 1. The fourth-order valence-electron chi connectivity index (χ4n) is 4.56. The largest absolute Gasteiger partial charge is 0.447 e. The van der Waals surface area contributed by atoms with Gasteiger partial charge in [0.05, 0.1) is 25.5 Å². The number of hydrogen-bond donors (Lipinski definition) is 3. The van der Waals surface area contributed by atoms with Gasteiger partial charge in [-0.05, 0) is 60.1 Å². The molecule has 0 aromatic carbocycles. The topological polar surface area (TPSA) is 142 Å². The second kappa shape index (κ2) is 9.71. The van der Waals surface area contributed by atoms with Crippen molar-refractivity contribution in [3.05, 3.63) is 47.8 Å². The number of nitrogens with one attached hydrogen (secondary N) is 1. The van der Waals surface area contributed by atoms with E-state index < -0.39 is 11.6 Å². The molecule has 1 saturated heterocycles.